The molecule has 0 saturated carbocycles. The predicted molar refractivity (Wildman–Crippen MR) is 84.1 cm³/mol. The number of halogens is 1. The van der Waals surface area contributed by atoms with E-state index in [9.17, 15) is 13.2 Å². The SMILES string of the molecule is CN(Cc1cccs1)S(=O)(=O)c1cc(C(=O)O)ccc1Br. The summed E-state index contributed by atoms with van der Waals surface area (Å²) in [7, 11) is -2.30. The zero-order valence-corrected chi connectivity index (χ0v) is 14.2. The van der Waals surface area contributed by atoms with Gasteiger partial charge < -0.3 is 5.11 Å². The van der Waals surface area contributed by atoms with E-state index in [4.69, 9.17) is 5.11 Å². The van der Waals surface area contributed by atoms with Gasteiger partial charge in [-0.25, -0.2) is 13.2 Å². The van der Waals surface area contributed by atoms with E-state index in [1.54, 1.807) is 0 Å². The second-order valence-corrected chi connectivity index (χ2v) is 8.19. The van der Waals surface area contributed by atoms with Gasteiger partial charge in [-0.1, -0.05) is 6.07 Å². The summed E-state index contributed by atoms with van der Waals surface area (Å²) in [6, 6.07) is 7.63. The van der Waals surface area contributed by atoms with Crippen LogP contribution in [0.1, 0.15) is 15.2 Å². The number of aromatic carboxylic acids is 1. The van der Waals surface area contributed by atoms with Crippen LogP contribution >= 0.6 is 27.3 Å². The topological polar surface area (TPSA) is 74.7 Å². The summed E-state index contributed by atoms with van der Waals surface area (Å²) < 4.78 is 26.7. The number of carbonyl (C=O) groups is 1. The van der Waals surface area contributed by atoms with E-state index in [0.29, 0.717) is 4.47 Å². The number of benzene rings is 1. The van der Waals surface area contributed by atoms with Gasteiger partial charge in [0.25, 0.3) is 0 Å². The summed E-state index contributed by atoms with van der Waals surface area (Å²) in [4.78, 5) is 11.9. The first-order chi connectivity index (χ1) is 9.82. The van der Waals surface area contributed by atoms with Gasteiger partial charge in [-0.15, -0.1) is 11.3 Å². The molecular weight excluding hydrogens is 378 g/mol. The van der Waals surface area contributed by atoms with E-state index < -0.39 is 16.0 Å². The van der Waals surface area contributed by atoms with Crippen LogP contribution < -0.4 is 0 Å². The molecule has 8 heteroatoms. The Kier molecular flexibility index (Phi) is 4.82. The van der Waals surface area contributed by atoms with Gasteiger partial charge >= 0.3 is 5.97 Å². The molecule has 0 spiro atoms. The molecule has 2 rings (SSSR count). The summed E-state index contributed by atoms with van der Waals surface area (Å²) >= 11 is 4.63. The number of hydrogen-bond donors (Lipinski definition) is 1. The Balaban J connectivity index is 2.38. The minimum atomic E-state index is -3.77. The first-order valence-electron chi connectivity index (χ1n) is 5.84. The molecule has 1 aromatic carbocycles. The fraction of sp³-hybridized carbons (Fsp3) is 0.154. The predicted octanol–water partition coefficient (Wildman–Crippen LogP) is 3.03. The minimum absolute atomic E-state index is 0.0542. The van der Waals surface area contributed by atoms with Crippen molar-refractivity contribution in [3.63, 3.8) is 0 Å². The molecule has 112 valence electrons. The standard InChI is InChI=1S/C13H12BrNO4S2/c1-15(8-10-3-2-6-20-10)21(18,19)12-7-9(13(16)17)4-5-11(12)14/h2-7H,8H2,1H3,(H,16,17). The molecule has 21 heavy (non-hydrogen) atoms. The largest absolute Gasteiger partial charge is 0.478 e. The lowest BCUT2D eigenvalue weighted by Crippen LogP contribution is -2.26. The number of thiophene rings is 1. The van der Waals surface area contributed by atoms with Gasteiger partial charge in [0, 0.05) is 22.9 Å². The third-order valence-corrected chi connectivity index (χ3v) is 6.48. The lowest BCUT2D eigenvalue weighted by molar-refractivity contribution is 0.0696. The van der Waals surface area contributed by atoms with E-state index in [2.05, 4.69) is 15.9 Å². The number of sulfonamides is 1. The number of hydrogen-bond acceptors (Lipinski definition) is 4. The highest BCUT2D eigenvalue weighted by Gasteiger charge is 2.25. The molecule has 0 radical (unpaired) electrons. The minimum Gasteiger partial charge on any atom is -0.478 e. The van der Waals surface area contributed by atoms with Crippen molar-refractivity contribution in [2.75, 3.05) is 7.05 Å². The van der Waals surface area contributed by atoms with Gasteiger partial charge in [0.05, 0.1) is 10.5 Å². The Bertz CT molecular complexity index is 756. The van der Waals surface area contributed by atoms with Gasteiger partial charge in [0.1, 0.15) is 0 Å². The van der Waals surface area contributed by atoms with E-state index in [1.165, 1.54) is 34.8 Å². The first kappa shape index (κ1) is 16.2. The van der Waals surface area contributed by atoms with Crippen LogP contribution in [0.25, 0.3) is 0 Å². The van der Waals surface area contributed by atoms with Crippen molar-refractivity contribution >= 4 is 43.3 Å². The third-order valence-electron chi connectivity index (χ3n) is 2.82. The third kappa shape index (κ3) is 3.52. The monoisotopic (exact) mass is 389 g/mol. The Labute approximate surface area is 135 Å². The fourth-order valence-corrected chi connectivity index (χ4v) is 4.64. The molecular formula is C13H12BrNO4S2. The van der Waals surface area contributed by atoms with Crippen molar-refractivity contribution in [2.24, 2.45) is 0 Å². The zero-order chi connectivity index (χ0) is 15.6. The van der Waals surface area contributed by atoms with Gasteiger partial charge in [-0.3, -0.25) is 0 Å². The molecule has 0 bridgehead atoms. The van der Waals surface area contributed by atoms with Crippen LogP contribution in [0.3, 0.4) is 0 Å². The Morgan fingerprint density at radius 3 is 2.67 bits per heavy atom. The molecule has 2 aromatic rings. The molecule has 0 unspecified atom stereocenters. The molecule has 1 aromatic heterocycles. The summed E-state index contributed by atoms with van der Waals surface area (Å²) in [6.07, 6.45) is 0. The molecule has 0 aliphatic rings. The van der Waals surface area contributed by atoms with Crippen LogP contribution in [0.2, 0.25) is 0 Å². The molecule has 1 N–H and O–H groups in total. The number of carboxylic acid groups (broad SMARTS) is 1. The molecule has 0 aliphatic carbocycles. The van der Waals surface area contributed by atoms with Crippen molar-refractivity contribution in [3.05, 3.63) is 50.6 Å². The molecule has 0 fully saturated rings. The lowest BCUT2D eigenvalue weighted by Gasteiger charge is -2.17. The average molecular weight is 390 g/mol. The second-order valence-electron chi connectivity index (χ2n) is 4.29. The average Bonchev–Trinajstić information content (AvgIpc) is 2.91. The van der Waals surface area contributed by atoms with Crippen molar-refractivity contribution in [3.8, 4) is 0 Å². The highest BCUT2D eigenvalue weighted by Crippen LogP contribution is 2.27. The maximum Gasteiger partial charge on any atom is 0.335 e. The summed E-state index contributed by atoms with van der Waals surface area (Å²) in [6.45, 7) is 0.240. The van der Waals surface area contributed by atoms with Gasteiger partial charge in [-0.2, -0.15) is 4.31 Å². The Morgan fingerprint density at radius 1 is 1.38 bits per heavy atom. The van der Waals surface area contributed by atoms with E-state index in [0.717, 1.165) is 10.9 Å². The van der Waals surface area contributed by atoms with Gasteiger partial charge in [-0.05, 0) is 45.6 Å². The van der Waals surface area contributed by atoms with Crippen LogP contribution in [0, 0.1) is 0 Å². The molecule has 1 heterocycles. The highest BCUT2D eigenvalue weighted by molar-refractivity contribution is 9.10. The molecule has 0 amide bonds. The van der Waals surface area contributed by atoms with Crippen LogP contribution in [0.15, 0.2) is 45.1 Å². The van der Waals surface area contributed by atoms with Crippen molar-refractivity contribution in [1.29, 1.82) is 0 Å². The van der Waals surface area contributed by atoms with E-state index in [1.807, 2.05) is 17.5 Å². The Morgan fingerprint density at radius 2 is 2.10 bits per heavy atom. The van der Waals surface area contributed by atoms with E-state index in [-0.39, 0.29) is 17.0 Å². The van der Waals surface area contributed by atoms with Gasteiger partial charge in [0.15, 0.2) is 0 Å². The number of rotatable bonds is 5. The summed E-state index contributed by atoms with van der Waals surface area (Å²) in [5, 5.41) is 10.9. The first-order valence-corrected chi connectivity index (χ1v) is 8.95. The van der Waals surface area contributed by atoms with Crippen LogP contribution in [0.5, 0.6) is 0 Å². The van der Waals surface area contributed by atoms with Crippen LogP contribution in [-0.2, 0) is 16.6 Å². The summed E-state index contributed by atoms with van der Waals surface area (Å²) in [5.74, 6) is -1.17. The Hall–Kier alpha value is -1.22. The fourth-order valence-electron chi connectivity index (χ4n) is 1.71. The highest BCUT2D eigenvalue weighted by atomic mass is 79.9. The smallest absolute Gasteiger partial charge is 0.335 e. The molecule has 0 atom stereocenters. The normalized spacial score (nSPS) is 11.8. The van der Waals surface area contributed by atoms with Crippen LogP contribution in [-0.4, -0.2) is 30.8 Å². The lowest BCUT2D eigenvalue weighted by atomic mass is 10.2. The van der Waals surface area contributed by atoms with Gasteiger partial charge in [0.2, 0.25) is 10.0 Å². The van der Waals surface area contributed by atoms with E-state index >= 15 is 0 Å². The summed E-state index contributed by atoms with van der Waals surface area (Å²) in [5.41, 5.74) is -0.0682. The molecule has 5 nitrogen and oxygen atoms in total. The molecule has 0 aliphatic heterocycles. The second kappa shape index (κ2) is 6.27. The van der Waals surface area contributed by atoms with Crippen LogP contribution in [0.4, 0.5) is 0 Å². The number of carboxylic acids is 1. The zero-order valence-electron chi connectivity index (χ0n) is 11.0. The van der Waals surface area contributed by atoms with Crippen molar-refractivity contribution in [2.45, 2.75) is 11.4 Å². The maximum absolute atomic E-state index is 12.6. The van der Waals surface area contributed by atoms with Crippen molar-refractivity contribution in [1.82, 2.24) is 4.31 Å². The van der Waals surface area contributed by atoms with Crippen molar-refractivity contribution < 1.29 is 18.3 Å². The number of nitrogens with zero attached hydrogens (tertiary/aromatic N) is 1. The maximum atomic E-state index is 12.6. The molecule has 0 saturated heterocycles. The quantitative estimate of drug-likeness (QED) is 0.852.